The van der Waals surface area contributed by atoms with Crippen molar-refractivity contribution in [3.8, 4) is 17.1 Å². The summed E-state index contributed by atoms with van der Waals surface area (Å²) < 4.78 is 7.28. The van der Waals surface area contributed by atoms with E-state index < -0.39 is 0 Å². The zero-order valence-electron chi connectivity index (χ0n) is 15.7. The second-order valence-electron chi connectivity index (χ2n) is 7.29. The van der Waals surface area contributed by atoms with Crippen molar-refractivity contribution in [3.05, 3.63) is 59.4 Å². The first-order chi connectivity index (χ1) is 13.5. The molecule has 7 heteroatoms. The summed E-state index contributed by atoms with van der Waals surface area (Å²) in [6, 6.07) is 12.8. The van der Waals surface area contributed by atoms with Gasteiger partial charge in [0.2, 0.25) is 0 Å². The first-order valence-electron chi connectivity index (χ1n) is 9.47. The van der Waals surface area contributed by atoms with Crippen molar-refractivity contribution >= 4 is 17.5 Å². The predicted molar refractivity (Wildman–Crippen MR) is 109 cm³/mol. The van der Waals surface area contributed by atoms with E-state index >= 15 is 0 Å². The number of nitrogens with zero attached hydrogens (tertiary/aromatic N) is 3. The molecule has 2 N–H and O–H groups in total. The first kappa shape index (κ1) is 18.8. The van der Waals surface area contributed by atoms with E-state index in [0.717, 1.165) is 30.8 Å². The van der Waals surface area contributed by atoms with Crippen LogP contribution in [0.3, 0.4) is 0 Å². The Bertz CT molecular complexity index is 947. The average molecular weight is 399 g/mol. The van der Waals surface area contributed by atoms with Gasteiger partial charge in [0.1, 0.15) is 5.69 Å². The third kappa shape index (κ3) is 3.70. The Kier molecular flexibility index (Phi) is 5.24. The molecule has 1 fully saturated rings. The fraction of sp³-hybridized carbons (Fsp3) is 0.333. The van der Waals surface area contributed by atoms with Crippen LogP contribution in [0.25, 0.3) is 17.1 Å². The molecule has 0 radical (unpaired) electrons. The van der Waals surface area contributed by atoms with Gasteiger partial charge in [0, 0.05) is 30.2 Å². The Labute approximate surface area is 168 Å². The SMILES string of the molecule is CC(N)C1CCCN(C(=O)c2cc(-c3ccco3)n(-c3ccc(Cl)cc3)n2)C1. The molecule has 0 spiro atoms. The monoisotopic (exact) mass is 398 g/mol. The lowest BCUT2D eigenvalue weighted by Gasteiger charge is -2.34. The van der Waals surface area contributed by atoms with E-state index in [0.29, 0.717) is 28.9 Å². The summed E-state index contributed by atoms with van der Waals surface area (Å²) in [5, 5.41) is 5.24. The van der Waals surface area contributed by atoms with Gasteiger partial charge in [0.25, 0.3) is 5.91 Å². The lowest BCUT2D eigenvalue weighted by atomic mass is 9.92. The predicted octanol–water partition coefficient (Wildman–Crippen LogP) is 3.99. The molecule has 2 unspecified atom stereocenters. The van der Waals surface area contributed by atoms with Gasteiger partial charge in [0.15, 0.2) is 11.5 Å². The van der Waals surface area contributed by atoms with Crippen LogP contribution in [-0.4, -0.2) is 39.7 Å². The van der Waals surface area contributed by atoms with Crippen LogP contribution in [0.1, 0.15) is 30.3 Å². The Morgan fingerprint density at radius 2 is 2.11 bits per heavy atom. The van der Waals surface area contributed by atoms with Crippen molar-refractivity contribution in [1.29, 1.82) is 0 Å². The number of rotatable bonds is 4. The van der Waals surface area contributed by atoms with Crippen LogP contribution in [0, 0.1) is 5.92 Å². The maximum absolute atomic E-state index is 13.1. The number of likely N-dealkylation sites (tertiary alicyclic amines) is 1. The first-order valence-corrected chi connectivity index (χ1v) is 9.85. The van der Waals surface area contributed by atoms with Crippen LogP contribution in [0.15, 0.2) is 53.1 Å². The van der Waals surface area contributed by atoms with Gasteiger partial charge in [-0.15, -0.1) is 0 Å². The molecular weight excluding hydrogens is 376 g/mol. The van der Waals surface area contributed by atoms with Crippen molar-refractivity contribution in [2.75, 3.05) is 13.1 Å². The molecule has 1 saturated heterocycles. The third-order valence-corrected chi connectivity index (χ3v) is 5.51. The molecule has 4 rings (SSSR count). The number of furan rings is 1. The molecule has 2 aromatic heterocycles. The van der Waals surface area contributed by atoms with Crippen LogP contribution >= 0.6 is 11.6 Å². The smallest absolute Gasteiger partial charge is 0.274 e. The van der Waals surface area contributed by atoms with E-state index in [1.165, 1.54) is 0 Å². The van der Waals surface area contributed by atoms with E-state index in [-0.39, 0.29) is 11.9 Å². The third-order valence-electron chi connectivity index (χ3n) is 5.26. The largest absolute Gasteiger partial charge is 0.463 e. The van der Waals surface area contributed by atoms with Gasteiger partial charge in [-0.05, 0) is 62.1 Å². The molecule has 0 saturated carbocycles. The minimum absolute atomic E-state index is 0.0703. The zero-order chi connectivity index (χ0) is 19.7. The molecule has 3 aromatic rings. The van der Waals surface area contributed by atoms with Gasteiger partial charge in [-0.3, -0.25) is 4.79 Å². The Morgan fingerprint density at radius 1 is 1.32 bits per heavy atom. The van der Waals surface area contributed by atoms with Gasteiger partial charge in [-0.1, -0.05) is 11.6 Å². The van der Waals surface area contributed by atoms with Crippen LogP contribution < -0.4 is 5.73 Å². The summed E-state index contributed by atoms with van der Waals surface area (Å²) in [7, 11) is 0. The highest BCUT2D eigenvalue weighted by Gasteiger charge is 2.28. The molecule has 1 amide bonds. The van der Waals surface area contributed by atoms with E-state index in [1.807, 2.05) is 36.1 Å². The summed E-state index contributed by atoms with van der Waals surface area (Å²) in [6.07, 6.45) is 3.62. The maximum Gasteiger partial charge on any atom is 0.274 e. The van der Waals surface area contributed by atoms with Crippen molar-refractivity contribution in [2.45, 2.75) is 25.8 Å². The van der Waals surface area contributed by atoms with Gasteiger partial charge < -0.3 is 15.1 Å². The highest BCUT2D eigenvalue weighted by molar-refractivity contribution is 6.30. The molecule has 1 aromatic carbocycles. The van der Waals surface area contributed by atoms with Gasteiger partial charge >= 0.3 is 0 Å². The number of piperidine rings is 1. The summed E-state index contributed by atoms with van der Waals surface area (Å²) >= 11 is 6.02. The van der Waals surface area contributed by atoms with Crippen LogP contribution in [-0.2, 0) is 0 Å². The van der Waals surface area contributed by atoms with E-state index in [1.54, 1.807) is 29.1 Å². The number of carbonyl (C=O) groups excluding carboxylic acids is 1. The number of hydrogen-bond acceptors (Lipinski definition) is 4. The number of hydrogen-bond donors (Lipinski definition) is 1. The quantitative estimate of drug-likeness (QED) is 0.720. The van der Waals surface area contributed by atoms with Gasteiger partial charge in [0.05, 0.1) is 12.0 Å². The Hall–Kier alpha value is -2.57. The normalized spacial score (nSPS) is 18.2. The molecule has 3 heterocycles. The molecule has 28 heavy (non-hydrogen) atoms. The molecule has 6 nitrogen and oxygen atoms in total. The number of halogens is 1. The van der Waals surface area contributed by atoms with Crippen molar-refractivity contribution in [3.63, 3.8) is 0 Å². The summed E-state index contributed by atoms with van der Waals surface area (Å²) in [4.78, 5) is 15.0. The van der Waals surface area contributed by atoms with E-state index in [2.05, 4.69) is 5.10 Å². The second-order valence-corrected chi connectivity index (χ2v) is 7.73. The number of nitrogens with two attached hydrogens (primary N) is 1. The van der Waals surface area contributed by atoms with Crippen LogP contribution in [0.2, 0.25) is 5.02 Å². The molecular formula is C21H23ClN4O2. The number of amides is 1. The van der Waals surface area contributed by atoms with Crippen molar-refractivity contribution in [1.82, 2.24) is 14.7 Å². The fourth-order valence-electron chi connectivity index (χ4n) is 3.65. The number of benzene rings is 1. The maximum atomic E-state index is 13.1. The minimum atomic E-state index is -0.0779. The summed E-state index contributed by atoms with van der Waals surface area (Å²) in [5.41, 5.74) is 7.99. The number of aromatic nitrogens is 2. The number of carbonyl (C=O) groups is 1. The topological polar surface area (TPSA) is 77.3 Å². The molecule has 1 aliphatic rings. The van der Waals surface area contributed by atoms with Gasteiger partial charge in [-0.2, -0.15) is 5.10 Å². The minimum Gasteiger partial charge on any atom is -0.463 e. The lowest BCUT2D eigenvalue weighted by molar-refractivity contribution is 0.0654. The highest BCUT2D eigenvalue weighted by atomic mass is 35.5. The van der Waals surface area contributed by atoms with Crippen LogP contribution in [0.4, 0.5) is 0 Å². The fourth-order valence-corrected chi connectivity index (χ4v) is 3.78. The van der Waals surface area contributed by atoms with E-state index in [4.69, 9.17) is 21.8 Å². The van der Waals surface area contributed by atoms with Crippen molar-refractivity contribution in [2.24, 2.45) is 11.7 Å². The van der Waals surface area contributed by atoms with Crippen LogP contribution in [0.5, 0.6) is 0 Å². The van der Waals surface area contributed by atoms with E-state index in [9.17, 15) is 4.79 Å². The Balaban J connectivity index is 1.69. The second kappa shape index (κ2) is 7.81. The summed E-state index contributed by atoms with van der Waals surface area (Å²) in [6.45, 7) is 3.40. The molecule has 1 aliphatic heterocycles. The highest BCUT2D eigenvalue weighted by Crippen LogP contribution is 2.27. The summed E-state index contributed by atoms with van der Waals surface area (Å²) in [5.74, 6) is 0.889. The molecule has 2 atom stereocenters. The lowest BCUT2D eigenvalue weighted by Crippen LogP contribution is -2.45. The van der Waals surface area contributed by atoms with Gasteiger partial charge in [-0.25, -0.2) is 4.68 Å². The Morgan fingerprint density at radius 3 is 2.79 bits per heavy atom. The standard InChI is InChI=1S/C21H23ClN4O2/c1-14(23)15-4-2-10-25(13-15)21(27)18-12-19(20-5-3-11-28-20)26(24-18)17-8-6-16(22)7-9-17/h3,5-9,11-12,14-15H,2,4,10,13,23H2,1H3. The van der Waals surface area contributed by atoms with Crippen molar-refractivity contribution < 1.29 is 9.21 Å². The molecule has 0 aliphatic carbocycles. The zero-order valence-corrected chi connectivity index (χ0v) is 16.5. The average Bonchev–Trinajstić information content (AvgIpc) is 3.38. The molecule has 146 valence electrons. The molecule has 0 bridgehead atoms.